The number of fused-ring (bicyclic) bond motifs is 10. The first-order valence-electron chi connectivity index (χ1n) is 18.8. The maximum atomic E-state index is 6.32. The van der Waals surface area contributed by atoms with Crippen molar-refractivity contribution in [2.45, 2.75) is 0 Å². The van der Waals surface area contributed by atoms with Crippen LogP contribution in [0.25, 0.3) is 110 Å². The Labute approximate surface area is 316 Å². The fourth-order valence-electron chi connectivity index (χ4n) is 8.88. The fourth-order valence-corrected chi connectivity index (χ4v) is 8.88. The molecule has 0 radical (unpaired) electrons. The predicted octanol–water partition coefficient (Wildman–Crippen LogP) is 14.3. The van der Waals surface area contributed by atoms with E-state index in [9.17, 15) is 0 Å². The molecule has 0 aliphatic carbocycles. The van der Waals surface area contributed by atoms with Crippen molar-refractivity contribution < 1.29 is 4.42 Å². The molecule has 9 aromatic carbocycles. The summed E-state index contributed by atoms with van der Waals surface area (Å²) in [5.41, 5.74) is 13.6. The van der Waals surface area contributed by atoms with E-state index in [4.69, 9.17) is 4.42 Å². The van der Waals surface area contributed by atoms with Gasteiger partial charge in [0, 0.05) is 49.8 Å². The van der Waals surface area contributed by atoms with E-state index in [-0.39, 0.29) is 0 Å². The Morgan fingerprint density at radius 2 is 0.800 bits per heavy atom. The van der Waals surface area contributed by atoms with Crippen molar-refractivity contribution in [1.82, 2.24) is 9.13 Å². The monoisotopic (exact) mass is 700 g/mol. The lowest BCUT2D eigenvalue weighted by Crippen LogP contribution is -1.94. The highest BCUT2D eigenvalue weighted by Crippen LogP contribution is 2.40. The molecule has 256 valence electrons. The Morgan fingerprint density at radius 1 is 0.273 bits per heavy atom. The number of hydrogen-bond acceptors (Lipinski definition) is 1. The van der Waals surface area contributed by atoms with E-state index in [0.29, 0.717) is 0 Å². The maximum Gasteiger partial charge on any atom is 0.137 e. The molecule has 0 saturated heterocycles. The molecule has 0 aliphatic heterocycles. The minimum Gasteiger partial charge on any atom is -0.456 e. The first-order chi connectivity index (χ1) is 27.2. The fraction of sp³-hybridized carbons (Fsp3) is 0. The molecular formula is C52H32N2O. The Bertz CT molecular complexity index is 3470. The van der Waals surface area contributed by atoms with Gasteiger partial charge in [0.2, 0.25) is 0 Å². The molecule has 3 heterocycles. The van der Waals surface area contributed by atoms with E-state index in [1.54, 1.807) is 0 Å². The highest BCUT2D eigenvalue weighted by molar-refractivity contribution is 6.15. The van der Waals surface area contributed by atoms with Crippen LogP contribution in [0.3, 0.4) is 0 Å². The topological polar surface area (TPSA) is 23.0 Å². The quantitative estimate of drug-likeness (QED) is 0.179. The second kappa shape index (κ2) is 11.6. The van der Waals surface area contributed by atoms with Gasteiger partial charge in [-0.2, -0.15) is 0 Å². The van der Waals surface area contributed by atoms with Crippen molar-refractivity contribution in [3.05, 3.63) is 194 Å². The number of benzene rings is 9. The summed E-state index contributed by atoms with van der Waals surface area (Å²) in [5.74, 6) is 0. The summed E-state index contributed by atoms with van der Waals surface area (Å²) < 4.78 is 11.1. The highest BCUT2D eigenvalue weighted by atomic mass is 16.3. The molecule has 0 spiro atoms. The van der Waals surface area contributed by atoms with Crippen molar-refractivity contribution >= 4 is 76.3 Å². The molecule has 55 heavy (non-hydrogen) atoms. The molecule has 0 bridgehead atoms. The normalized spacial score (nSPS) is 12.0. The van der Waals surface area contributed by atoms with Crippen molar-refractivity contribution in [2.75, 3.05) is 0 Å². The molecule has 0 unspecified atom stereocenters. The van der Waals surface area contributed by atoms with E-state index in [2.05, 4.69) is 191 Å². The van der Waals surface area contributed by atoms with Gasteiger partial charge in [-0.3, -0.25) is 0 Å². The summed E-state index contributed by atoms with van der Waals surface area (Å²) in [4.78, 5) is 0. The third-order valence-corrected chi connectivity index (χ3v) is 11.5. The number of furan rings is 1. The zero-order chi connectivity index (χ0) is 36.0. The Kier molecular flexibility index (Phi) is 6.34. The summed E-state index contributed by atoms with van der Waals surface area (Å²) in [6.07, 6.45) is 0. The number of para-hydroxylation sites is 2. The molecule has 0 N–H and O–H groups in total. The summed E-state index contributed by atoms with van der Waals surface area (Å²) in [6.45, 7) is 0. The summed E-state index contributed by atoms with van der Waals surface area (Å²) in [5, 5.41) is 9.71. The van der Waals surface area contributed by atoms with Crippen LogP contribution in [0.15, 0.2) is 199 Å². The van der Waals surface area contributed by atoms with Crippen molar-refractivity contribution in [3.63, 3.8) is 0 Å². The molecule has 0 atom stereocenters. The van der Waals surface area contributed by atoms with E-state index >= 15 is 0 Å². The van der Waals surface area contributed by atoms with Crippen molar-refractivity contribution in [3.8, 4) is 33.6 Å². The molecular weight excluding hydrogens is 669 g/mol. The van der Waals surface area contributed by atoms with Gasteiger partial charge in [0.15, 0.2) is 0 Å². The van der Waals surface area contributed by atoms with Crippen LogP contribution >= 0.6 is 0 Å². The van der Waals surface area contributed by atoms with Gasteiger partial charge in [-0.05, 0) is 106 Å². The smallest absolute Gasteiger partial charge is 0.137 e. The molecule has 0 aliphatic rings. The molecule has 0 fully saturated rings. The zero-order valence-electron chi connectivity index (χ0n) is 29.8. The number of nitrogens with zero attached hydrogens (tertiary/aromatic N) is 2. The Balaban J connectivity index is 1.03. The van der Waals surface area contributed by atoms with Gasteiger partial charge in [-0.25, -0.2) is 0 Å². The second-order valence-corrected chi connectivity index (χ2v) is 14.6. The first kappa shape index (κ1) is 30.1. The predicted molar refractivity (Wildman–Crippen MR) is 231 cm³/mol. The standard InChI is InChI=1S/C52H32N2O/c1-2-10-33(11-3-1)34-18-22-39(23-19-34)53-49-27-21-38(30-45(49)46-28-35-12-4-5-13-36(35)31-50(46)53)37-20-26-48-44(29-37)41-14-6-8-16-47(41)54(48)40-24-25-43-42-15-7-9-17-51(42)55-52(43)32-40/h1-32H. The lowest BCUT2D eigenvalue weighted by molar-refractivity contribution is 0.668. The first-order valence-corrected chi connectivity index (χ1v) is 18.8. The molecule has 0 saturated carbocycles. The Morgan fingerprint density at radius 3 is 1.58 bits per heavy atom. The third-order valence-electron chi connectivity index (χ3n) is 11.5. The van der Waals surface area contributed by atoms with Crippen LogP contribution in [-0.4, -0.2) is 9.13 Å². The SMILES string of the molecule is c1ccc(-c2ccc(-n3c4ccc(-c5ccc6c(c5)c5ccccc5n6-c5ccc6c(c5)oc5ccccc56)cc4c4cc5ccccc5cc43)cc2)cc1. The largest absolute Gasteiger partial charge is 0.456 e. The van der Waals surface area contributed by atoms with Crippen molar-refractivity contribution in [2.24, 2.45) is 0 Å². The van der Waals surface area contributed by atoms with Crippen LogP contribution in [0.2, 0.25) is 0 Å². The number of rotatable bonds is 4. The number of hydrogen-bond donors (Lipinski definition) is 0. The molecule has 12 rings (SSSR count). The van der Waals surface area contributed by atoms with Crippen LogP contribution in [0.1, 0.15) is 0 Å². The minimum atomic E-state index is 0.897. The average molecular weight is 701 g/mol. The Hall–Kier alpha value is -7.36. The van der Waals surface area contributed by atoms with Crippen LogP contribution in [-0.2, 0) is 0 Å². The van der Waals surface area contributed by atoms with E-state index in [0.717, 1.165) is 33.3 Å². The zero-order valence-corrected chi connectivity index (χ0v) is 29.8. The summed E-state index contributed by atoms with van der Waals surface area (Å²) in [6, 6.07) is 70.4. The number of aromatic nitrogens is 2. The third kappa shape index (κ3) is 4.57. The van der Waals surface area contributed by atoms with Gasteiger partial charge >= 0.3 is 0 Å². The van der Waals surface area contributed by atoms with Crippen molar-refractivity contribution in [1.29, 1.82) is 0 Å². The van der Waals surface area contributed by atoms with Crippen LogP contribution < -0.4 is 0 Å². The van der Waals surface area contributed by atoms with Crippen LogP contribution in [0.4, 0.5) is 0 Å². The van der Waals surface area contributed by atoms with E-state index in [1.165, 1.54) is 76.6 Å². The molecule has 12 aromatic rings. The molecule has 3 nitrogen and oxygen atoms in total. The molecule has 0 amide bonds. The summed E-state index contributed by atoms with van der Waals surface area (Å²) >= 11 is 0. The maximum absolute atomic E-state index is 6.32. The van der Waals surface area contributed by atoms with Gasteiger partial charge in [0.1, 0.15) is 11.2 Å². The van der Waals surface area contributed by atoms with Crippen LogP contribution in [0, 0.1) is 0 Å². The van der Waals surface area contributed by atoms with Gasteiger partial charge in [-0.1, -0.05) is 115 Å². The minimum absolute atomic E-state index is 0.897. The van der Waals surface area contributed by atoms with E-state index in [1.807, 2.05) is 12.1 Å². The van der Waals surface area contributed by atoms with Gasteiger partial charge < -0.3 is 13.6 Å². The average Bonchev–Trinajstić information content (AvgIpc) is 3.89. The van der Waals surface area contributed by atoms with Gasteiger partial charge in [0.25, 0.3) is 0 Å². The molecule has 3 aromatic heterocycles. The summed E-state index contributed by atoms with van der Waals surface area (Å²) in [7, 11) is 0. The van der Waals surface area contributed by atoms with E-state index < -0.39 is 0 Å². The van der Waals surface area contributed by atoms with Crippen LogP contribution in [0.5, 0.6) is 0 Å². The molecule has 3 heteroatoms. The lowest BCUT2D eigenvalue weighted by Gasteiger charge is -2.10. The second-order valence-electron chi connectivity index (χ2n) is 14.6. The van der Waals surface area contributed by atoms with Gasteiger partial charge in [0.05, 0.1) is 22.1 Å². The van der Waals surface area contributed by atoms with Gasteiger partial charge in [-0.15, -0.1) is 0 Å². The highest BCUT2D eigenvalue weighted by Gasteiger charge is 2.18. The lowest BCUT2D eigenvalue weighted by atomic mass is 10.00.